The molecule has 1 atom stereocenters. The van der Waals surface area contributed by atoms with Gasteiger partial charge in [0, 0.05) is 29.8 Å². The van der Waals surface area contributed by atoms with Gasteiger partial charge in [-0.25, -0.2) is 4.98 Å². The molecule has 0 N–H and O–H groups in total. The average Bonchev–Trinajstić information content (AvgIpc) is 3.04. The summed E-state index contributed by atoms with van der Waals surface area (Å²) in [5.41, 5.74) is 2.16. The van der Waals surface area contributed by atoms with Crippen LogP contribution >= 0.6 is 11.6 Å². The minimum atomic E-state index is -1.20. The Hall–Kier alpha value is -1.99. The van der Waals surface area contributed by atoms with E-state index in [0.29, 0.717) is 28.1 Å². The number of hydrogen-bond acceptors (Lipinski definition) is 4. The van der Waals surface area contributed by atoms with Gasteiger partial charge in [0.05, 0.1) is 17.3 Å². The number of halogens is 1. The molecule has 0 saturated carbocycles. The van der Waals surface area contributed by atoms with Gasteiger partial charge in [-0.1, -0.05) is 31.0 Å². The van der Waals surface area contributed by atoms with Gasteiger partial charge in [-0.05, 0) is 25.0 Å². The molecule has 3 aromatic rings. The van der Waals surface area contributed by atoms with Gasteiger partial charge >= 0.3 is 0 Å². The van der Waals surface area contributed by atoms with Gasteiger partial charge < -0.3 is 4.57 Å². The Morgan fingerprint density at radius 3 is 2.76 bits per heavy atom. The van der Waals surface area contributed by atoms with E-state index < -0.39 is 10.8 Å². The maximum absolute atomic E-state index is 12.4. The van der Waals surface area contributed by atoms with Gasteiger partial charge in [0.1, 0.15) is 10.8 Å². The Labute approximate surface area is 152 Å². The summed E-state index contributed by atoms with van der Waals surface area (Å²) in [6.07, 6.45) is 3.53. The van der Waals surface area contributed by atoms with Crippen LogP contribution in [0.4, 0.5) is 0 Å². The molecular weight excluding hydrogens is 360 g/mol. The van der Waals surface area contributed by atoms with Crippen molar-refractivity contribution in [2.24, 2.45) is 0 Å². The van der Waals surface area contributed by atoms with E-state index in [2.05, 4.69) is 10.1 Å². The summed E-state index contributed by atoms with van der Waals surface area (Å²) < 4.78 is 15.6. The van der Waals surface area contributed by atoms with Crippen molar-refractivity contribution in [2.45, 2.75) is 38.3 Å². The van der Waals surface area contributed by atoms with Crippen LogP contribution in [-0.4, -0.2) is 29.1 Å². The fourth-order valence-electron chi connectivity index (χ4n) is 2.58. The molecule has 6 nitrogen and oxygen atoms in total. The number of pyridine rings is 1. The Morgan fingerprint density at radius 2 is 2.08 bits per heavy atom. The van der Waals surface area contributed by atoms with Gasteiger partial charge in [0.25, 0.3) is 5.56 Å². The molecule has 8 heteroatoms. The number of aromatic nitrogens is 4. The molecule has 0 aromatic carbocycles. The smallest absolute Gasteiger partial charge is 0.274 e. The lowest BCUT2D eigenvalue weighted by molar-refractivity contribution is 0.673. The van der Waals surface area contributed by atoms with Gasteiger partial charge in [0.2, 0.25) is 0 Å². The van der Waals surface area contributed by atoms with Crippen molar-refractivity contribution in [3.8, 4) is 0 Å². The summed E-state index contributed by atoms with van der Waals surface area (Å²) in [6, 6.07) is 6.89. The minimum Gasteiger partial charge on any atom is -0.326 e. The highest BCUT2D eigenvalue weighted by Gasteiger charge is 2.14. The fourth-order valence-corrected chi connectivity index (χ4v) is 3.86. The number of nitrogens with zero attached hydrogens (tertiary/aromatic N) is 4. The Kier molecular flexibility index (Phi) is 5.34. The van der Waals surface area contributed by atoms with Crippen LogP contribution < -0.4 is 5.56 Å². The summed E-state index contributed by atoms with van der Waals surface area (Å²) in [4.78, 5) is 16.3. The second kappa shape index (κ2) is 7.49. The SMILES string of the molecule is CCCCS(=O)c1cc2n(Cc3ccc(Cl)nc3)c(C)cc(=O)n2n1. The van der Waals surface area contributed by atoms with Crippen LogP contribution in [0.15, 0.2) is 40.3 Å². The summed E-state index contributed by atoms with van der Waals surface area (Å²) in [5, 5.41) is 5.15. The third-order valence-corrected chi connectivity index (χ3v) is 5.51. The summed E-state index contributed by atoms with van der Waals surface area (Å²) in [7, 11) is -1.20. The monoisotopic (exact) mass is 378 g/mol. The molecule has 0 radical (unpaired) electrons. The molecule has 3 rings (SSSR count). The zero-order valence-corrected chi connectivity index (χ0v) is 15.7. The lowest BCUT2D eigenvalue weighted by Crippen LogP contribution is -2.20. The minimum absolute atomic E-state index is 0.225. The van der Waals surface area contributed by atoms with Crippen LogP contribution in [0, 0.1) is 6.92 Å². The van der Waals surface area contributed by atoms with E-state index in [1.807, 2.05) is 24.5 Å². The molecule has 0 aliphatic carbocycles. The van der Waals surface area contributed by atoms with Crippen LogP contribution in [0.2, 0.25) is 5.15 Å². The van der Waals surface area contributed by atoms with Crippen LogP contribution in [0.5, 0.6) is 0 Å². The molecule has 0 spiro atoms. The topological polar surface area (TPSA) is 69.3 Å². The van der Waals surface area contributed by atoms with E-state index in [1.165, 1.54) is 10.6 Å². The number of aryl methyl sites for hydroxylation is 1. The van der Waals surface area contributed by atoms with Crippen molar-refractivity contribution in [3.63, 3.8) is 0 Å². The van der Waals surface area contributed by atoms with Crippen molar-refractivity contribution in [1.29, 1.82) is 0 Å². The molecule has 3 aromatic heterocycles. The first-order valence-corrected chi connectivity index (χ1v) is 9.78. The maximum Gasteiger partial charge on any atom is 0.274 e. The van der Waals surface area contributed by atoms with Crippen LogP contribution in [0.1, 0.15) is 31.0 Å². The first-order valence-electron chi connectivity index (χ1n) is 8.08. The van der Waals surface area contributed by atoms with E-state index in [-0.39, 0.29) is 5.56 Å². The fraction of sp³-hybridized carbons (Fsp3) is 0.353. The first-order chi connectivity index (χ1) is 12.0. The first kappa shape index (κ1) is 17.8. The third kappa shape index (κ3) is 3.82. The zero-order valence-electron chi connectivity index (χ0n) is 14.1. The van der Waals surface area contributed by atoms with E-state index in [9.17, 15) is 9.00 Å². The number of hydrogen-bond donors (Lipinski definition) is 0. The molecule has 132 valence electrons. The maximum atomic E-state index is 12.4. The van der Waals surface area contributed by atoms with Gasteiger partial charge in [-0.3, -0.25) is 9.00 Å². The average molecular weight is 379 g/mol. The van der Waals surface area contributed by atoms with Gasteiger partial charge in [-0.15, -0.1) is 0 Å². The normalized spacial score (nSPS) is 12.6. The highest BCUT2D eigenvalue weighted by atomic mass is 35.5. The molecular formula is C17H19ClN4O2S. The third-order valence-electron chi connectivity index (χ3n) is 3.96. The number of rotatable bonds is 6. The van der Waals surface area contributed by atoms with Crippen molar-refractivity contribution in [2.75, 3.05) is 5.75 Å². The van der Waals surface area contributed by atoms with Crippen LogP contribution in [0.3, 0.4) is 0 Å². The Morgan fingerprint density at radius 1 is 1.28 bits per heavy atom. The van der Waals surface area contributed by atoms with E-state index in [4.69, 9.17) is 11.6 Å². The van der Waals surface area contributed by atoms with Crippen LogP contribution in [0.25, 0.3) is 5.65 Å². The molecule has 1 unspecified atom stereocenters. The van der Waals surface area contributed by atoms with Crippen molar-refractivity contribution >= 4 is 28.0 Å². The summed E-state index contributed by atoms with van der Waals surface area (Å²) in [5.74, 6) is 0.550. The Balaban J connectivity index is 2.05. The standard InChI is InChI=1S/C17H19ClN4O2S/c1-3-4-7-25(24)15-9-16-21(11-13-5-6-14(18)19-10-13)12(2)8-17(23)22(16)20-15/h5-6,8-10H,3-4,7,11H2,1-2H3. The molecule has 25 heavy (non-hydrogen) atoms. The lowest BCUT2D eigenvalue weighted by Gasteiger charge is -2.12. The quantitative estimate of drug-likeness (QED) is 0.618. The number of fused-ring (bicyclic) bond motifs is 1. The molecule has 0 aliphatic heterocycles. The van der Waals surface area contributed by atoms with E-state index >= 15 is 0 Å². The highest BCUT2D eigenvalue weighted by molar-refractivity contribution is 7.84. The van der Waals surface area contributed by atoms with Crippen molar-refractivity contribution < 1.29 is 4.21 Å². The van der Waals surface area contributed by atoms with E-state index in [1.54, 1.807) is 18.3 Å². The van der Waals surface area contributed by atoms with E-state index in [0.717, 1.165) is 24.1 Å². The predicted molar refractivity (Wildman–Crippen MR) is 98.7 cm³/mol. The lowest BCUT2D eigenvalue weighted by atomic mass is 10.2. The summed E-state index contributed by atoms with van der Waals surface area (Å²) >= 11 is 5.83. The van der Waals surface area contributed by atoms with Crippen molar-refractivity contribution in [3.05, 3.63) is 57.2 Å². The molecule has 0 aliphatic rings. The number of unbranched alkanes of at least 4 members (excludes halogenated alkanes) is 1. The highest BCUT2D eigenvalue weighted by Crippen LogP contribution is 2.15. The second-order valence-corrected chi connectivity index (χ2v) is 7.76. The zero-order chi connectivity index (χ0) is 18.0. The Bertz CT molecular complexity index is 979. The second-order valence-electron chi connectivity index (χ2n) is 5.86. The largest absolute Gasteiger partial charge is 0.326 e. The summed E-state index contributed by atoms with van der Waals surface area (Å²) in [6.45, 7) is 4.44. The predicted octanol–water partition coefficient (Wildman–Crippen LogP) is 2.81. The van der Waals surface area contributed by atoms with Gasteiger partial charge in [-0.2, -0.15) is 9.61 Å². The molecule has 0 bridgehead atoms. The molecule has 0 fully saturated rings. The molecule has 0 saturated heterocycles. The molecule has 0 amide bonds. The van der Waals surface area contributed by atoms with Gasteiger partial charge in [0.15, 0.2) is 5.03 Å². The molecule has 3 heterocycles. The van der Waals surface area contributed by atoms with Crippen molar-refractivity contribution in [1.82, 2.24) is 19.2 Å². The van der Waals surface area contributed by atoms with Crippen LogP contribution in [-0.2, 0) is 17.3 Å².